The maximum absolute atomic E-state index is 12.7. The molecule has 0 aliphatic heterocycles. The van der Waals surface area contributed by atoms with Crippen LogP contribution in [0, 0.1) is 5.92 Å². The minimum absolute atomic E-state index is 0.0653. The van der Waals surface area contributed by atoms with Gasteiger partial charge in [0.25, 0.3) is 0 Å². The second-order valence-electron chi connectivity index (χ2n) is 5.80. The van der Waals surface area contributed by atoms with Crippen molar-refractivity contribution in [1.29, 1.82) is 0 Å². The summed E-state index contributed by atoms with van der Waals surface area (Å²) in [5.41, 5.74) is 2.05. The van der Waals surface area contributed by atoms with Gasteiger partial charge < -0.3 is 14.4 Å². The Morgan fingerprint density at radius 3 is 2.39 bits per heavy atom. The van der Waals surface area contributed by atoms with Crippen molar-refractivity contribution in [3.8, 4) is 11.5 Å². The van der Waals surface area contributed by atoms with E-state index in [9.17, 15) is 4.79 Å². The number of anilines is 1. The van der Waals surface area contributed by atoms with Crippen LogP contribution in [-0.2, 0) is 4.79 Å². The van der Waals surface area contributed by atoms with E-state index in [1.165, 1.54) is 5.56 Å². The minimum atomic E-state index is 0.0653. The van der Waals surface area contributed by atoms with E-state index in [2.05, 4.69) is 12.1 Å². The Kier molecular flexibility index (Phi) is 4.24. The molecule has 0 radical (unpaired) electrons. The smallest absolute Gasteiger partial charge is 0.230 e. The third-order valence-corrected chi connectivity index (χ3v) is 4.42. The van der Waals surface area contributed by atoms with Gasteiger partial charge in [-0.05, 0) is 30.0 Å². The van der Waals surface area contributed by atoms with E-state index in [0.717, 1.165) is 12.1 Å². The summed E-state index contributed by atoms with van der Waals surface area (Å²) in [7, 11) is 5.00. The van der Waals surface area contributed by atoms with Gasteiger partial charge in [0.2, 0.25) is 5.91 Å². The van der Waals surface area contributed by atoms with Gasteiger partial charge in [-0.1, -0.05) is 30.3 Å². The van der Waals surface area contributed by atoms with Crippen molar-refractivity contribution in [1.82, 2.24) is 0 Å². The van der Waals surface area contributed by atoms with Crippen molar-refractivity contribution in [2.24, 2.45) is 5.92 Å². The number of nitrogens with zero attached hydrogens (tertiary/aromatic N) is 1. The summed E-state index contributed by atoms with van der Waals surface area (Å²) in [6.45, 7) is 0. The first-order valence-electron chi connectivity index (χ1n) is 7.70. The molecule has 23 heavy (non-hydrogen) atoms. The first-order valence-corrected chi connectivity index (χ1v) is 7.70. The molecular weight excluding hydrogens is 290 g/mol. The molecule has 3 rings (SSSR count). The Bertz CT molecular complexity index is 699. The van der Waals surface area contributed by atoms with Gasteiger partial charge in [-0.25, -0.2) is 0 Å². The van der Waals surface area contributed by atoms with Gasteiger partial charge in [-0.2, -0.15) is 0 Å². The lowest BCUT2D eigenvalue weighted by Gasteiger charge is -2.19. The highest BCUT2D eigenvalue weighted by Gasteiger charge is 2.45. The number of hydrogen-bond donors (Lipinski definition) is 0. The van der Waals surface area contributed by atoms with E-state index in [0.29, 0.717) is 17.4 Å². The van der Waals surface area contributed by atoms with Crippen LogP contribution in [0.15, 0.2) is 48.5 Å². The second-order valence-corrected chi connectivity index (χ2v) is 5.80. The molecule has 1 aliphatic rings. The highest BCUT2D eigenvalue weighted by Crippen LogP contribution is 2.48. The number of hydrogen-bond acceptors (Lipinski definition) is 3. The van der Waals surface area contributed by atoms with Gasteiger partial charge in [0.05, 0.1) is 14.2 Å². The SMILES string of the molecule is COc1ccc(N(C)C(=O)C2CC2c2ccccc2)cc1OC. The molecule has 0 saturated heterocycles. The lowest BCUT2D eigenvalue weighted by Crippen LogP contribution is -2.28. The van der Waals surface area contributed by atoms with Crippen LogP contribution in [-0.4, -0.2) is 27.2 Å². The third kappa shape index (κ3) is 3.02. The normalized spacial score (nSPS) is 19.1. The molecule has 1 amide bonds. The van der Waals surface area contributed by atoms with Crippen molar-refractivity contribution >= 4 is 11.6 Å². The fourth-order valence-electron chi connectivity index (χ4n) is 2.95. The topological polar surface area (TPSA) is 38.8 Å². The average molecular weight is 311 g/mol. The fourth-order valence-corrected chi connectivity index (χ4v) is 2.95. The molecule has 120 valence electrons. The molecule has 2 unspecified atom stereocenters. The first-order chi connectivity index (χ1) is 11.2. The minimum Gasteiger partial charge on any atom is -0.493 e. The van der Waals surface area contributed by atoms with Crippen LogP contribution in [0.3, 0.4) is 0 Å². The van der Waals surface area contributed by atoms with E-state index in [4.69, 9.17) is 9.47 Å². The predicted molar refractivity (Wildman–Crippen MR) is 90.2 cm³/mol. The number of carbonyl (C=O) groups excluding carboxylic acids is 1. The fraction of sp³-hybridized carbons (Fsp3) is 0.316. The number of ether oxygens (including phenoxy) is 2. The van der Waals surface area contributed by atoms with Crippen LogP contribution in [0.2, 0.25) is 0 Å². The molecule has 4 nitrogen and oxygen atoms in total. The van der Waals surface area contributed by atoms with Crippen LogP contribution in [0.5, 0.6) is 11.5 Å². The first kappa shape index (κ1) is 15.4. The number of carbonyl (C=O) groups is 1. The summed E-state index contributed by atoms with van der Waals surface area (Å²) in [6, 6.07) is 15.7. The third-order valence-electron chi connectivity index (χ3n) is 4.42. The Balaban J connectivity index is 1.74. The molecule has 2 aromatic rings. The van der Waals surface area contributed by atoms with Gasteiger partial charge in [-0.15, -0.1) is 0 Å². The summed E-state index contributed by atoms with van der Waals surface area (Å²) in [6.07, 6.45) is 0.917. The standard InChI is InChI=1S/C19H21NO3/c1-20(14-9-10-17(22-2)18(11-14)23-3)19(21)16-12-15(16)13-7-5-4-6-8-13/h4-11,15-16H,12H2,1-3H3. The lowest BCUT2D eigenvalue weighted by molar-refractivity contribution is -0.119. The molecule has 1 fully saturated rings. The largest absolute Gasteiger partial charge is 0.493 e. The molecule has 0 bridgehead atoms. The van der Waals surface area contributed by atoms with Crippen molar-refractivity contribution in [2.75, 3.05) is 26.2 Å². The van der Waals surface area contributed by atoms with Crippen LogP contribution in [0.1, 0.15) is 17.9 Å². The summed E-state index contributed by atoms with van der Waals surface area (Å²) in [5, 5.41) is 0. The quantitative estimate of drug-likeness (QED) is 0.848. The van der Waals surface area contributed by atoms with Crippen LogP contribution >= 0.6 is 0 Å². The Hall–Kier alpha value is -2.49. The average Bonchev–Trinajstić information content (AvgIpc) is 3.41. The molecule has 2 atom stereocenters. The lowest BCUT2D eigenvalue weighted by atomic mass is 10.1. The highest BCUT2D eigenvalue weighted by molar-refractivity contribution is 5.97. The number of methoxy groups -OCH3 is 2. The molecule has 0 aromatic heterocycles. The predicted octanol–water partition coefficient (Wildman–Crippen LogP) is 3.47. The van der Waals surface area contributed by atoms with Crippen LogP contribution in [0.25, 0.3) is 0 Å². The van der Waals surface area contributed by atoms with Crippen molar-refractivity contribution in [3.63, 3.8) is 0 Å². The van der Waals surface area contributed by atoms with Crippen molar-refractivity contribution < 1.29 is 14.3 Å². The zero-order valence-corrected chi connectivity index (χ0v) is 13.7. The van der Waals surface area contributed by atoms with Gasteiger partial charge in [-0.3, -0.25) is 4.79 Å². The number of amides is 1. The molecule has 0 N–H and O–H groups in total. The Morgan fingerprint density at radius 2 is 1.74 bits per heavy atom. The number of benzene rings is 2. The van der Waals surface area contributed by atoms with Crippen LogP contribution < -0.4 is 14.4 Å². The molecule has 1 saturated carbocycles. The van der Waals surface area contributed by atoms with Gasteiger partial charge in [0.1, 0.15) is 0 Å². The summed E-state index contributed by atoms with van der Waals surface area (Å²) >= 11 is 0. The molecule has 0 spiro atoms. The van der Waals surface area contributed by atoms with Crippen molar-refractivity contribution in [2.45, 2.75) is 12.3 Å². The maximum atomic E-state index is 12.7. The second kappa shape index (κ2) is 6.32. The molecule has 0 heterocycles. The van der Waals surface area contributed by atoms with E-state index in [-0.39, 0.29) is 11.8 Å². The molecule has 4 heteroatoms. The van der Waals surface area contributed by atoms with E-state index >= 15 is 0 Å². The number of rotatable bonds is 5. The zero-order valence-electron chi connectivity index (χ0n) is 13.7. The molecule has 2 aromatic carbocycles. The van der Waals surface area contributed by atoms with Crippen LogP contribution in [0.4, 0.5) is 5.69 Å². The van der Waals surface area contributed by atoms with E-state index < -0.39 is 0 Å². The highest BCUT2D eigenvalue weighted by atomic mass is 16.5. The van der Waals surface area contributed by atoms with Crippen molar-refractivity contribution in [3.05, 3.63) is 54.1 Å². The Labute approximate surface area is 136 Å². The monoisotopic (exact) mass is 311 g/mol. The van der Waals surface area contributed by atoms with Gasteiger partial charge >= 0.3 is 0 Å². The Morgan fingerprint density at radius 1 is 1.04 bits per heavy atom. The molecular formula is C19H21NO3. The zero-order chi connectivity index (χ0) is 16.4. The maximum Gasteiger partial charge on any atom is 0.230 e. The van der Waals surface area contributed by atoms with Gasteiger partial charge in [0, 0.05) is 24.7 Å². The van der Waals surface area contributed by atoms with E-state index in [1.54, 1.807) is 19.1 Å². The van der Waals surface area contributed by atoms with E-state index in [1.807, 2.05) is 43.4 Å². The summed E-state index contributed by atoms with van der Waals surface area (Å²) in [4.78, 5) is 14.4. The summed E-state index contributed by atoms with van der Waals surface area (Å²) < 4.78 is 10.5. The summed E-state index contributed by atoms with van der Waals surface area (Å²) in [5.74, 6) is 1.83. The van der Waals surface area contributed by atoms with Gasteiger partial charge in [0.15, 0.2) is 11.5 Å². The molecule has 1 aliphatic carbocycles.